The fraction of sp³-hybridized carbons (Fsp3) is 0.435. The van der Waals surface area contributed by atoms with E-state index in [2.05, 4.69) is 0 Å². The van der Waals surface area contributed by atoms with Crippen LogP contribution in [0.3, 0.4) is 0 Å². The number of benzene rings is 1. The molecule has 2 rings (SSSR count). The minimum atomic E-state index is -1.50. The number of allylic oxidation sites excluding steroid dienone is 3. The van der Waals surface area contributed by atoms with E-state index in [0.29, 0.717) is 37.9 Å². The Bertz CT molecular complexity index is 812. The quantitative estimate of drug-likeness (QED) is 0.345. The van der Waals surface area contributed by atoms with Crippen molar-refractivity contribution in [3.05, 3.63) is 64.6 Å². The molecule has 0 aliphatic heterocycles. The highest BCUT2D eigenvalue weighted by atomic mass is 32.2. The van der Waals surface area contributed by atoms with Crippen LogP contribution in [0, 0.1) is 0 Å². The molecule has 0 saturated heterocycles. The highest BCUT2D eigenvalue weighted by molar-refractivity contribution is 7.89. The molecule has 1 aliphatic rings. The van der Waals surface area contributed by atoms with E-state index in [0.717, 1.165) is 12.2 Å². The van der Waals surface area contributed by atoms with Crippen molar-refractivity contribution in [3.63, 3.8) is 0 Å². The largest absolute Gasteiger partial charge is 0.494 e. The van der Waals surface area contributed by atoms with E-state index in [1.165, 1.54) is 24.5 Å². The topological polar surface area (TPSA) is 104 Å². The molecule has 1 aromatic rings. The van der Waals surface area contributed by atoms with Crippen molar-refractivity contribution in [2.24, 2.45) is 0 Å². The van der Waals surface area contributed by atoms with Crippen LogP contribution in [0.1, 0.15) is 32.1 Å². The average Bonchev–Trinajstić information content (AvgIpc) is 2.97. The van der Waals surface area contributed by atoms with E-state index in [4.69, 9.17) is 9.84 Å². The van der Waals surface area contributed by atoms with Gasteiger partial charge in [0.15, 0.2) is 0 Å². The summed E-state index contributed by atoms with van der Waals surface area (Å²) < 4.78 is 17.8. The minimum absolute atomic E-state index is 0.00146. The van der Waals surface area contributed by atoms with Crippen LogP contribution in [0.25, 0.3) is 0 Å². The normalized spacial score (nSPS) is 20.3. The van der Waals surface area contributed by atoms with Gasteiger partial charge in [-0.2, -0.15) is 0 Å². The van der Waals surface area contributed by atoms with Crippen LogP contribution in [0.15, 0.2) is 64.6 Å². The molecular weight excluding hydrogens is 404 g/mol. The molecule has 0 amide bonds. The number of unbranched alkanes of at least 4 members (excludes halogenated alkanes) is 1. The standard InChI is InChI=1S/C23H30O6S/c1-30(28)23-20(13-5-6-16-29-18-11-3-2-4-12-18)21(26)19(22(23)27)14-7-9-17(25)10-8-15-24/h2-4,7,9,11-12,14,17,21,24-26H,5-6,8,10,13,15-16H2,1H3. The Balaban J connectivity index is 1.95. The van der Waals surface area contributed by atoms with Crippen LogP contribution in [0.2, 0.25) is 0 Å². The maximum atomic E-state index is 12.7. The van der Waals surface area contributed by atoms with E-state index in [1.807, 2.05) is 30.3 Å². The van der Waals surface area contributed by atoms with Crippen molar-refractivity contribution < 1.29 is 29.1 Å². The second-order valence-electron chi connectivity index (χ2n) is 7.10. The van der Waals surface area contributed by atoms with Gasteiger partial charge in [-0.1, -0.05) is 36.4 Å². The molecule has 0 fully saturated rings. The molecule has 0 bridgehead atoms. The van der Waals surface area contributed by atoms with Gasteiger partial charge in [0, 0.05) is 18.4 Å². The van der Waals surface area contributed by atoms with Gasteiger partial charge >= 0.3 is 0 Å². The lowest BCUT2D eigenvalue weighted by atomic mass is 10.0. The Morgan fingerprint density at radius 3 is 2.60 bits per heavy atom. The zero-order valence-corrected chi connectivity index (χ0v) is 18.0. The number of ketones is 1. The first-order chi connectivity index (χ1) is 14.5. The van der Waals surface area contributed by atoms with Crippen molar-refractivity contribution in [1.29, 1.82) is 0 Å². The highest BCUT2D eigenvalue weighted by Gasteiger charge is 2.37. The number of Topliss-reactive ketones (excluding diaryl/α,β-unsaturated/α-hetero) is 1. The SMILES string of the molecule is CS(=O)C1=C(CCCCOc2ccccc2)C(O)C(=CC=CC(O)CCCO)C1=O. The molecule has 3 N–H and O–H groups in total. The number of carbonyl (C=O) groups is 1. The second kappa shape index (κ2) is 12.6. The molecule has 6 nitrogen and oxygen atoms in total. The summed E-state index contributed by atoms with van der Waals surface area (Å²) >= 11 is 0. The Labute approximate surface area is 180 Å². The van der Waals surface area contributed by atoms with E-state index in [9.17, 15) is 19.2 Å². The summed E-state index contributed by atoms with van der Waals surface area (Å²) in [5.74, 6) is 0.384. The van der Waals surface area contributed by atoms with Crippen molar-refractivity contribution in [2.75, 3.05) is 19.5 Å². The zero-order valence-electron chi connectivity index (χ0n) is 17.2. The van der Waals surface area contributed by atoms with Gasteiger partial charge in [-0.3, -0.25) is 9.00 Å². The van der Waals surface area contributed by atoms with Crippen LogP contribution in [0.4, 0.5) is 0 Å². The minimum Gasteiger partial charge on any atom is -0.494 e. The smallest absolute Gasteiger partial charge is 0.200 e. The molecule has 3 atom stereocenters. The number of aliphatic hydroxyl groups excluding tert-OH is 3. The van der Waals surface area contributed by atoms with Gasteiger partial charge in [0.1, 0.15) is 11.9 Å². The lowest BCUT2D eigenvalue weighted by Gasteiger charge is -2.10. The van der Waals surface area contributed by atoms with Gasteiger partial charge in [-0.15, -0.1) is 0 Å². The summed E-state index contributed by atoms with van der Waals surface area (Å²) in [6.45, 7) is 0.515. The number of aliphatic hydroxyl groups is 3. The van der Waals surface area contributed by atoms with Gasteiger partial charge in [0.05, 0.1) is 28.4 Å². The molecule has 1 aliphatic carbocycles. The molecule has 0 heterocycles. The van der Waals surface area contributed by atoms with Gasteiger partial charge in [0.25, 0.3) is 0 Å². The van der Waals surface area contributed by atoms with E-state index >= 15 is 0 Å². The molecule has 0 spiro atoms. The maximum Gasteiger partial charge on any atom is 0.200 e. The molecule has 3 unspecified atom stereocenters. The van der Waals surface area contributed by atoms with Gasteiger partial charge in [-0.05, 0) is 49.8 Å². The molecule has 1 aromatic carbocycles. The van der Waals surface area contributed by atoms with Crippen LogP contribution >= 0.6 is 0 Å². The summed E-state index contributed by atoms with van der Waals surface area (Å²) in [6, 6.07) is 9.48. The predicted octanol–water partition coefficient (Wildman–Crippen LogP) is 2.43. The number of para-hydroxylation sites is 1. The number of rotatable bonds is 12. The Morgan fingerprint density at radius 1 is 1.20 bits per heavy atom. The number of carbonyl (C=O) groups excluding carboxylic acids is 1. The van der Waals surface area contributed by atoms with Crippen LogP contribution in [-0.2, 0) is 15.6 Å². The third-order valence-electron chi connectivity index (χ3n) is 4.79. The summed E-state index contributed by atoms with van der Waals surface area (Å²) in [4.78, 5) is 12.8. The van der Waals surface area contributed by atoms with Crippen molar-refractivity contribution in [1.82, 2.24) is 0 Å². The van der Waals surface area contributed by atoms with E-state index in [1.54, 1.807) is 0 Å². The molecule has 0 radical (unpaired) electrons. The lowest BCUT2D eigenvalue weighted by molar-refractivity contribution is -0.111. The fourth-order valence-corrected chi connectivity index (χ4v) is 4.22. The molecule has 164 valence electrons. The molecule has 30 heavy (non-hydrogen) atoms. The van der Waals surface area contributed by atoms with Gasteiger partial charge in [0.2, 0.25) is 5.78 Å². The first-order valence-electron chi connectivity index (χ1n) is 10.1. The van der Waals surface area contributed by atoms with Crippen LogP contribution < -0.4 is 4.74 Å². The zero-order chi connectivity index (χ0) is 21.9. The van der Waals surface area contributed by atoms with E-state index < -0.39 is 28.8 Å². The monoisotopic (exact) mass is 434 g/mol. The summed E-state index contributed by atoms with van der Waals surface area (Å²) in [5.41, 5.74) is 0.669. The number of hydrogen-bond donors (Lipinski definition) is 3. The highest BCUT2D eigenvalue weighted by Crippen LogP contribution is 2.33. The van der Waals surface area contributed by atoms with Crippen molar-refractivity contribution >= 4 is 16.6 Å². The first kappa shape index (κ1) is 24.2. The average molecular weight is 435 g/mol. The molecule has 7 heteroatoms. The van der Waals surface area contributed by atoms with Crippen LogP contribution in [-0.4, -0.2) is 57.0 Å². The summed E-state index contributed by atoms with van der Waals surface area (Å²) in [5, 5.41) is 29.2. The Kier molecular flexibility index (Phi) is 10.2. The summed E-state index contributed by atoms with van der Waals surface area (Å²) in [7, 11) is -1.50. The van der Waals surface area contributed by atoms with Crippen molar-refractivity contribution in [3.8, 4) is 5.75 Å². The summed E-state index contributed by atoms with van der Waals surface area (Å²) in [6.07, 6.45) is 6.87. The molecule has 0 aromatic heterocycles. The Hall–Kier alpha value is -2.06. The van der Waals surface area contributed by atoms with Crippen LogP contribution in [0.5, 0.6) is 5.75 Å². The van der Waals surface area contributed by atoms with Gasteiger partial charge < -0.3 is 20.1 Å². The number of hydrogen-bond acceptors (Lipinski definition) is 6. The first-order valence-corrected chi connectivity index (χ1v) is 11.7. The third kappa shape index (κ3) is 7.02. The molecular formula is C23H30O6S. The lowest BCUT2D eigenvalue weighted by Crippen LogP contribution is -2.11. The predicted molar refractivity (Wildman–Crippen MR) is 117 cm³/mol. The maximum absolute atomic E-state index is 12.7. The second-order valence-corrected chi connectivity index (χ2v) is 8.42. The van der Waals surface area contributed by atoms with Crippen molar-refractivity contribution in [2.45, 2.75) is 44.3 Å². The van der Waals surface area contributed by atoms with Gasteiger partial charge in [-0.25, -0.2) is 0 Å². The van der Waals surface area contributed by atoms with E-state index in [-0.39, 0.29) is 17.1 Å². The fourth-order valence-electron chi connectivity index (χ4n) is 3.25. The third-order valence-corrected chi connectivity index (χ3v) is 5.81. The molecule has 0 saturated carbocycles. The Morgan fingerprint density at radius 2 is 1.93 bits per heavy atom. The number of ether oxygens (including phenoxy) is 1.